The Kier molecular flexibility index (Phi) is 8.74. The summed E-state index contributed by atoms with van der Waals surface area (Å²) < 4.78 is 15.8. The molecule has 2 aromatic rings. The third-order valence-electron chi connectivity index (χ3n) is 4.53. The van der Waals surface area contributed by atoms with E-state index < -0.39 is 29.8 Å². The number of fused-ring (bicyclic) bond motifs is 1. The Balaban J connectivity index is 1.34. The van der Waals surface area contributed by atoms with Crippen LogP contribution in [-0.2, 0) is 19.1 Å². The molecule has 10 nitrogen and oxygen atoms in total. The summed E-state index contributed by atoms with van der Waals surface area (Å²) in [4.78, 5) is 48.1. The molecule has 0 bridgehead atoms. The minimum absolute atomic E-state index is 0.0360. The van der Waals surface area contributed by atoms with Crippen LogP contribution in [0.2, 0.25) is 0 Å². The van der Waals surface area contributed by atoms with Crippen molar-refractivity contribution >= 4 is 47.0 Å². The Bertz CT molecular complexity index is 1060. The minimum atomic E-state index is -0.794. The molecule has 3 N–H and O–H groups in total. The van der Waals surface area contributed by atoms with Crippen LogP contribution in [0.4, 0.5) is 16.2 Å². The molecule has 0 radical (unpaired) electrons. The molecule has 1 aliphatic heterocycles. The molecule has 0 unspecified atom stereocenters. The summed E-state index contributed by atoms with van der Waals surface area (Å²) in [7, 11) is 0. The summed E-state index contributed by atoms with van der Waals surface area (Å²) in [5.41, 5.74) is 2.15. The molecule has 11 heteroatoms. The number of benzene rings is 2. The SMILES string of the molecule is Cc1ccc(NC(=O)CS[C@H](C)C(=O)OCC(=O)NC(=O)Nc2ccc3c(c2)OCCO3)cc1. The smallest absolute Gasteiger partial charge is 0.325 e. The Morgan fingerprint density at radius 1 is 0.941 bits per heavy atom. The fourth-order valence-electron chi connectivity index (χ4n) is 2.80. The van der Waals surface area contributed by atoms with Crippen molar-refractivity contribution in [3.05, 3.63) is 48.0 Å². The second-order valence-electron chi connectivity index (χ2n) is 7.34. The lowest BCUT2D eigenvalue weighted by molar-refractivity contribution is -0.147. The van der Waals surface area contributed by atoms with Gasteiger partial charge in [-0.25, -0.2) is 4.79 Å². The average molecular weight is 488 g/mol. The molecule has 4 amide bonds. The van der Waals surface area contributed by atoms with E-state index in [2.05, 4.69) is 16.0 Å². The highest BCUT2D eigenvalue weighted by Crippen LogP contribution is 2.32. The van der Waals surface area contributed by atoms with E-state index in [0.29, 0.717) is 36.1 Å². The number of amides is 4. The van der Waals surface area contributed by atoms with Gasteiger partial charge in [0.1, 0.15) is 18.5 Å². The van der Waals surface area contributed by atoms with Gasteiger partial charge in [-0.15, -0.1) is 11.8 Å². The van der Waals surface area contributed by atoms with E-state index in [1.807, 2.05) is 19.1 Å². The van der Waals surface area contributed by atoms with Gasteiger partial charge in [0, 0.05) is 17.4 Å². The Morgan fingerprint density at radius 2 is 1.62 bits per heavy atom. The van der Waals surface area contributed by atoms with Crippen LogP contribution in [0.25, 0.3) is 0 Å². The number of urea groups is 1. The zero-order chi connectivity index (χ0) is 24.5. The lowest BCUT2D eigenvalue weighted by Gasteiger charge is -2.19. The Hall–Kier alpha value is -3.73. The highest BCUT2D eigenvalue weighted by Gasteiger charge is 2.19. The monoisotopic (exact) mass is 487 g/mol. The molecule has 0 fully saturated rings. The van der Waals surface area contributed by atoms with E-state index in [9.17, 15) is 19.2 Å². The normalized spacial score (nSPS) is 12.8. The van der Waals surface area contributed by atoms with Gasteiger partial charge in [0.15, 0.2) is 18.1 Å². The molecule has 0 saturated carbocycles. The van der Waals surface area contributed by atoms with Gasteiger partial charge in [-0.05, 0) is 38.1 Å². The van der Waals surface area contributed by atoms with Crippen molar-refractivity contribution in [2.24, 2.45) is 0 Å². The van der Waals surface area contributed by atoms with Gasteiger partial charge >= 0.3 is 12.0 Å². The van der Waals surface area contributed by atoms with Gasteiger partial charge in [0.2, 0.25) is 5.91 Å². The van der Waals surface area contributed by atoms with Crippen LogP contribution in [0.5, 0.6) is 11.5 Å². The summed E-state index contributed by atoms with van der Waals surface area (Å²) in [5, 5.41) is 6.63. The third kappa shape index (κ3) is 7.69. The van der Waals surface area contributed by atoms with Crippen LogP contribution in [0, 0.1) is 6.92 Å². The predicted octanol–water partition coefficient (Wildman–Crippen LogP) is 2.72. The lowest BCUT2D eigenvalue weighted by atomic mass is 10.2. The number of carbonyl (C=O) groups excluding carboxylic acids is 4. The Morgan fingerprint density at radius 3 is 2.35 bits per heavy atom. The minimum Gasteiger partial charge on any atom is -0.486 e. The van der Waals surface area contributed by atoms with Crippen molar-refractivity contribution in [2.45, 2.75) is 19.1 Å². The molecule has 1 heterocycles. The lowest BCUT2D eigenvalue weighted by Crippen LogP contribution is -2.37. The number of esters is 1. The summed E-state index contributed by atoms with van der Waals surface area (Å²) in [6.45, 7) is 3.74. The molecule has 0 spiro atoms. The predicted molar refractivity (Wildman–Crippen MR) is 127 cm³/mol. The number of rotatable bonds is 8. The molecular formula is C23H25N3O7S. The second kappa shape index (κ2) is 11.9. The number of aryl methyl sites for hydroxylation is 1. The molecule has 0 aromatic heterocycles. The van der Waals surface area contributed by atoms with Crippen molar-refractivity contribution in [3.63, 3.8) is 0 Å². The number of anilines is 2. The second-order valence-corrected chi connectivity index (χ2v) is 8.66. The molecule has 1 aliphatic rings. The van der Waals surface area contributed by atoms with Crippen molar-refractivity contribution in [2.75, 3.05) is 36.2 Å². The van der Waals surface area contributed by atoms with Crippen molar-refractivity contribution in [1.82, 2.24) is 5.32 Å². The van der Waals surface area contributed by atoms with Crippen LogP contribution in [0.1, 0.15) is 12.5 Å². The van der Waals surface area contributed by atoms with Crippen LogP contribution < -0.4 is 25.4 Å². The van der Waals surface area contributed by atoms with E-state index in [0.717, 1.165) is 17.3 Å². The standard InChI is InChI=1S/C23H25N3O7S/c1-14-3-5-16(6-4-14)24-21(28)13-34-15(2)22(29)33-12-20(27)26-23(30)25-17-7-8-18-19(11-17)32-10-9-31-18/h3-8,11,15H,9-10,12-13H2,1-2H3,(H,24,28)(H2,25,26,27,30)/t15-/m1/s1. The largest absolute Gasteiger partial charge is 0.486 e. The highest BCUT2D eigenvalue weighted by molar-refractivity contribution is 8.01. The molecule has 180 valence electrons. The third-order valence-corrected chi connectivity index (χ3v) is 5.65. The molecule has 0 saturated heterocycles. The number of carbonyl (C=O) groups is 4. The van der Waals surface area contributed by atoms with Crippen LogP contribution in [0.15, 0.2) is 42.5 Å². The van der Waals surface area contributed by atoms with Crippen molar-refractivity contribution in [3.8, 4) is 11.5 Å². The van der Waals surface area contributed by atoms with Gasteiger partial charge in [-0.3, -0.25) is 19.7 Å². The summed E-state index contributed by atoms with van der Waals surface area (Å²) in [5.74, 6) is -0.632. The zero-order valence-corrected chi connectivity index (χ0v) is 19.5. The first-order chi connectivity index (χ1) is 16.3. The average Bonchev–Trinajstić information content (AvgIpc) is 2.82. The molecule has 1 atom stereocenters. The van der Waals surface area contributed by atoms with E-state index in [1.54, 1.807) is 37.3 Å². The first kappa shape index (κ1) is 24.9. The molecular weight excluding hydrogens is 462 g/mol. The van der Waals surface area contributed by atoms with Gasteiger partial charge in [0.05, 0.1) is 5.75 Å². The maximum absolute atomic E-state index is 12.1. The van der Waals surface area contributed by atoms with Gasteiger partial charge in [0.25, 0.3) is 5.91 Å². The summed E-state index contributed by atoms with van der Waals surface area (Å²) in [6, 6.07) is 11.4. The van der Waals surface area contributed by atoms with Gasteiger partial charge < -0.3 is 24.8 Å². The van der Waals surface area contributed by atoms with Crippen LogP contribution in [-0.4, -0.2) is 54.6 Å². The molecule has 34 heavy (non-hydrogen) atoms. The summed E-state index contributed by atoms with van der Waals surface area (Å²) >= 11 is 1.07. The number of hydrogen-bond acceptors (Lipinski definition) is 8. The van der Waals surface area contributed by atoms with E-state index in [4.69, 9.17) is 14.2 Å². The van der Waals surface area contributed by atoms with Crippen LogP contribution in [0.3, 0.4) is 0 Å². The fraction of sp³-hybridized carbons (Fsp3) is 0.304. The number of imide groups is 1. The number of ether oxygens (including phenoxy) is 3. The van der Waals surface area contributed by atoms with E-state index in [1.165, 1.54) is 0 Å². The van der Waals surface area contributed by atoms with Crippen molar-refractivity contribution < 1.29 is 33.4 Å². The molecule has 0 aliphatic carbocycles. The van der Waals surface area contributed by atoms with Gasteiger partial charge in [-0.1, -0.05) is 17.7 Å². The number of hydrogen-bond donors (Lipinski definition) is 3. The first-order valence-corrected chi connectivity index (χ1v) is 11.5. The maximum Gasteiger partial charge on any atom is 0.325 e. The zero-order valence-electron chi connectivity index (χ0n) is 18.7. The quantitative estimate of drug-likeness (QED) is 0.484. The maximum atomic E-state index is 12.1. The van der Waals surface area contributed by atoms with Gasteiger partial charge in [-0.2, -0.15) is 0 Å². The first-order valence-electron chi connectivity index (χ1n) is 10.5. The van der Waals surface area contributed by atoms with E-state index in [-0.39, 0.29) is 11.7 Å². The molecule has 3 rings (SSSR count). The van der Waals surface area contributed by atoms with Crippen LogP contribution >= 0.6 is 11.8 Å². The van der Waals surface area contributed by atoms with E-state index >= 15 is 0 Å². The topological polar surface area (TPSA) is 132 Å². The fourth-order valence-corrected chi connectivity index (χ4v) is 3.48. The summed E-state index contributed by atoms with van der Waals surface area (Å²) in [6.07, 6.45) is 0. The highest BCUT2D eigenvalue weighted by atomic mass is 32.2. The number of thioether (sulfide) groups is 1. The van der Waals surface area contributed by atoms with Crippen molar-refractivity contribution in [1.29, 1.82) is 0 Å². The molecule has 2 aromatic carbocycles. The Labute approximate surface area is 200 Å². The number of nitrogens with one attached hydrogen (secondary N) is 3.